The number of rotatable bonds is 5. The van der Waals surface area contributed by atoms with Gasteiger partial charge in [0, 0.05) is 26.3 Å². The zero-order valence-corrected chi connectivity index (χ0v) is 12.1. The highest BCUT2D eigenvalue weighted by atomic mass is 79.9. The van der Waals surface area contributed by atoms with Crippen LogP contribution in [0.25, 0.3) is 0 Å². The Bertz CT molecular complexity index is 534. The van der Waals surface area contributed by atoms with E-state index in [-0.39, 0.29) is 6.61 Å². The molecule has 0 aliphatic heterocycles. The Hall–Kier alpha value is -1.21. The lowest BCUT2D eigenvalue weighted by Crippen LogP contribution is -2.06. The van der Waals surface area contributed by atoms with Crippen LogP contribution in [0.5, 0.6) is 0 Å². The second-order valence-corrected chi connectivity index (χ2v) is 4.86. The van der Waals surface area contributed by atoms with Gasteiger partial charge < -0.3 is 5.11 Å². The quantitative estimate of drug-likeness (QED) is 0.891. The van der Waals surface area contributed by atoms with Gasteiger partial charge in [-0.3, -0.25) is 4.68 Å². The minimum Gasteiger partial charge on any atom is -0.396 e. The van der Waals surface area contributed by atoms with Gasteiger partial charge in [0.25, 0.3) is 0 Å². The fourth-order valence-corrected chi connectivity index (χ4v) is 2.53. The van der Waals surface area contributed by atoms with E-state index in [2.05, 4.69) is 38.3 Å². The summed E-state index contributed by atoms with van der Waals surface area (Å²) >= 11 is 3.57. The molecule has 6 nitrogen and oxygen atoms in total. The van der Waals surface area contributed by atoms with Crippen LogP contribution in [0.15, 0.2) is 10.7 Å². The average Bonchev–Trinajstić information content (AvgIpc) is 2.89. The van der Waals surface area contributed by atoms with Crippen molar-refractivity contribution in [3.05, 3.63) is 27.8 Å². The monoisotopic (exact) mass is 313 g/mol. The van der Waals surface area contributed by atoms with Crippen LogP contribution >= 0.6 is 15.9 Å². The van der Waals surface area contributed by atoms with Crippen molar-refractivity contribution in [2.45, 2.75) is 26.3 Å². The van der Waals surface area contributed by atoms with E-state index in [9.17, 15) is 0 Å². The zero-order valence-electron chi connectivity index (χ0n) is 10.5. The molecule has 98 valence electrons. The minimum absolute atomic E-state index is 0.0914. The normalized spacial score (nSPS) is 11.1. The number of nitrogens with zero attached hydrogens (tertiary/aromatic N) is 5. The summed E-state index contributed by atoms with van der Waals surface area (Å²) in [6.45, 7) is 2.78. The maximum atomic E-state index is 8.84. The van der Waals surface area contributed by atoms with E-state index in [0.29, 0.717) is 13.0 Å². The fraction of sp³-hybridized carbons (Fsp3) is 0.545. The summed E-state index contributed by atoms with van der Waals surface area (Å²) in [4.78, 5) is 0. The van der Waals surface area contributed by atoms with E-state index in [1.807, 2.05) is 17.9 Å². The molecule has 0 bridgehead atoms. The number of aromatic nitrogens is 5. The van der Waals surface area contributed by atoms with Gasteiger partial charge in [0.05, 0.1) is 28.1 Å². The lowest BCUT2D eigenvalue weighted by molar-refractivity contribution is 0.298. The SMILES string of the molecule is CCc1nn(C)c(Cn2cc(CCO)nn2)c1Br. The van der Waals surface area contributed by atoms with Gasteiger partial charge in [-0.15, -0.1) is 5.10 Å². The minimum atomic E-state index is 0.0914. The molecule has 0 aliphatic carbocycles. The zero-order chi connectivity index (χ0) is 13.1. The highest BCUT2D eigenvalue weighted by molar-refractivity contribution is 9.10. The van der Waals surface area contributed by atoms with Gasteiger partial charge in [0.1, 0.15) is 0 Å². The summed E-state index contributed by atoms with van der Waals surface area (Å²) in [6.07, 6.45) is 3.27. The van der Waals surface area contributed by atoms with Crippen molar-refractivity contribution in [1.82, 2.24) is 24.8 Å². The summed E-state index contributed by atoms with van der Waals surface area (Å²) in [7, 11) is 1.92. The lowest BCUT2D eigenvalue weighted by Gasteiger charge is -2.02. The molecule has 0 aliphatic rings. The van der Waals surface area contributed by atoms with Crippen molar-refractivity contribution in [3.8, 4) is 0 Å². The number of halogens is 1. The summed E-state index contributed by atoms with van der Waals surface area (Å²) < 4.78 is 4.65. The van der Waals surface area contributed by atoms with Crippen LogP contribution in [-0.4, -0.2) is 36.5 Å². The second kappa shape index (κ2) is 5.62. The van der Waals surface area contributed by atoms with Gasteiger partial charge in [-0.1, -0.05) is 12.1 Å². The van der Waals surface area contributed by atoms with Crippen LogP contribution in [0.1, 0.15) is 24.0 Å². The Morgan fingerprint density at radius 3 is 2.83 bits per heavy atom. The Labute approximate surface area is 114 Å². The summed E-state index contributed by atoms with van der Waals surface area (Å²) in [6, 6.07) is 0. The van der Waals surface area contributed by atoms with Gasteiger partial charge in [-0.25, -0.2) is 4.68 Å². The molecule has 2 aromatic heterocycles. The molecule has 0 spiro atoms. The molecule has 0 unspecified atom stereocenters. The highest BCUT2D eigenvalue weighted by Gasteiger charge is 2.13. The number of hydrogen-bond donors (Lipinski definition) is 1. The summed E-state index contributed by atoms with van der Waals surface area (Å²) in [5.41, 5.74) is 2.90. The van der Waals surface area contributed by atoms with E-state index in [1.165, 1.54) is 0 Å². The van der Waals surface area contributed by atoms with Gasteiger partial charge in [0.15, 0.2) is 0 Å². The van der Waals surface area contributed by atoms with Crippen molar-refractivity contribution in [2.75, 3.05) is 6.61 Å². The first-order valence-corrected chi connectivity index (χ1v) is 6.65. The van der Waals surface area contributed by atoms with Crippen LogP contribution in [0, 0.1) is 0 Å². The van der Waals surface area contributed by atoms with Gasteiger partial charge >= 0.3 is 0 Å². The standard InChI is InChI=1S/C11H16BrN5O/c1-3-9-11(12)10(16(2)14-9)7-17-6-8(4-5-18)13-15-17/h6,18H,3-5,7H2,1-2H3. The predicted molar refractivity (Wildman–Crippen MR) is 70.2 cm³/mol. The van der Waals surface area contributed by atoms with Crippen LogP contribution in [0.4, 0.5) is 0 Å². The average molecular weight is 314 g/mol. The Morgan fingerprint density at radius 2 is 2.22 bits per heavy atom. The Morgan fingerprint density at radius 1 is 1.44 bits per heavy atom. The largest absolute Gasteiger partial charge is 0.396 e. The van der Waals surface area contributed by atoms with Crippen molar-refractivity contribution >= 4 is 15.9 Å². The molecule has 0 fully saturated rings. The highest BCUT2D eigenvalue weighted by Crippen LogP contribution is 2.22. The van der Waals surface area contributed by atoms with Gasteiger partial charge in [0.2, 0.25) is 0 Å². The molecule has 0 radical (unpaired) electrons. The first-order chi connectivity index (χ1) is 8.65. The predicted octanol–water partition coefficient (Wildman–Crippen LogP) is 0.920. The van der Waals surface area contributed by atoms with Crippen molar-refractivity contribution in [2.24, 2.45) is 7.05 Å². The van der Waals surface area contributed by atoms with Crippen molar-refractivity contribution in [3.63, 3.8) is 0 Å². The van der Waals surface area contributed by atoms with E-state index in [4.69, 9.17) is 5.11 Å². The Balaban J connectivity index is 2.20. The molecule has 0 aromatic carbocycles. The topological polar surface area (TPSA) is 68.8 Å². The smallest absolute Gasteiger partial charge is 0.0857 e. The van der Waals surface area contributed by atoms with Crippen LogP contribution < -0.4 is 0 Å². The molecule has 0 saturated heterocycles. The first kappa shape index (κ1) is 13.2. The molecule has 2 rings (SSSR count). The molecule has 2 aromatic rings. The van der Waals surface area contributed by atoms with Crippen LogP contribution in [0.3, 0.4) is 0 Å². The third-order valence-electron chi connectivity index (χ3n) is 2.77. The van der Waals surface area contributed by atoms with Gasteiger partial charge in [-0.2, -0.15) is 5.10 Å². The molecule has 0 saturated carbocycles. The van der Waals surface area contributed by atoms with E-state index < -0.39 is 0 Å². The molecule has 2 heterocycles. The number of aliphatic hydroxyl groups excluding tert-OH is 1. The fourth-order valence-electron chi connectivity index (χ4n) is 1.79. The molecule has 18 heavy (non-hydrogen) atoms. The number of hydrogen-bond acceptors (Lipinski definition) is 4. The first-order valence-electron chi connectivity index (χ1n) is 5.85. The summed E-state index contributed by atoms with van der Waals surface area (Å²) in [5, 5.41) is 21.3. The van der Waals surface area contributed by atoms with E-state index in [1.54, 1.807) is 4.68 Å². The van der Waals surface area contributed by atoms with Crippen molar-refractivity contribution in [1.29, 1.82) is 0 Å². The lowest BCUT2D eigenvalue weighted by atomic mass is 10.3. The maximum Gasteiger partial charge on any atom is 0.0857 e. The van der Waals surface area contributed by atoms with Gasteiger partial charge in [-0.05, 0) is 22.4 Å². The number of aryl methyl sites for hydroxylation is 2. The molecule has 7 heteroatoms. The third kappa shape index (κ3) is 2.62. The molecule has 1 N–H and O–H groups in total. The second-order valence-electron chi connectivity index (χ2n) is 4.07. The van der Waals surface area contributed by atoms with E-state index >= 15 is 0 Å². The molecular weight excluding hydrogens is 298 g/mol. The van der Waals surface area contributed by atoms with Crippen LogP contribution in [-0.2, 0) is 26.4 Å². The third-order valence-corrected chi connectivity index (χ3v) is 3.68. The number of aliphatic hydroxyl groups is 1. The molecule has 0 atom stereocenters. The maximum absolute atomic E-state index is 8.84. The van der Waals surface area contributed by atoms with Crippen molar-refractivity contribution < 1.29 is 5.11 Å². The van der Waals surface area contributed by atoms with Crippen LogP contribution in [0.2, 0.25) is 0 Å². The summed E-state index contributed by atoms with van der Waals surface area (Å²) in [5.74, 6) is 0. The Kier molecular flexibility index (Phi) is 4.13. The molecule has 0 amide bonds. The van der Waals surface area contributed by atoms with E-state index in [0.717, 1.165) is 28.0 Å². The molecular formula is C11H16BrN5O.